The fourth-order valence-electron chi connectivity index (χ4n) is 3.16. The van der Waals surface area contributed by atoms with Crippen molar-refractivity contribution < 1.29 is 23.0 Å². The number of benzene rings is 2. The SMILES string of the molecule is O=C(NOCc1ccccc1)[C@@H]1CCCCN1S(=O)(=O)c1ccc([N+](=O)[O-])cc1. The van der Waals surface area contributed by atoms with Crippen LogP contribution in [0.2, 0.25) is 0 Å². The summed E-state index contributed by atoms with van der Waals surface area (Å²) in [7, 11) is -3.98. The Labute approximate surface area is 168 Å². The molecule has 0 unspecified atom stereocenters. The van der Waals surface area contributed by atoms with Crippen LogP contribution in [0.25, 0.3) is 0 Å². The number of amides is 1. The largest absolute Gasteiger partial charge is 0.271 e. The summed E-state index contributed by atoms with van der Waals surface area (Å²) in [6, 6.07) is 13.0. The van der Waals surface area contributed by atoms with Crippen molar-refractivity contribution in [3.05, 3.63) is 70.3 Å². The third kappa shape index (κ3) is 4.97. The first kappa shape index (κ1) is 20.9. The summed E-state index contributed by atoms with van der Waals surface area (Å²) < 4.78 is 27.2. The number of piperidine rings is 1. The van der Waals surface area contributed by atoms with E-state index in [0.717, 1.165) is 22.0 Å². The Morgan fingerprint density at radius 3 is 2.48 bits per heavy atom. The van der Waals surface area contributed by atoms with Crippen molar-refractivity contribution >= 4 is 21.6 Å². The summed E-state index contributed by atoms with van der Waals surface area (Å²) >= 11 is 0. The highest BCUT2D eigenvalue weighted by molar-refractivity contribution is 7.89. The molecule has 2 aromatic carbocycles. The number of hydrogen-bond acceptors (Lipinski definition) is 6. The molecule has 1 aliphatic rings. The number of sulfonamides is 1. The van der Waals surface area contributed by atoms with Crippen molar-refractivity contribution in [3.8, 4) is 0 Å². The van der Waals surface area contributed by atoms with Gasteiger partial charge >= 0.3 is 0 Å². The Balaban J connectivity index is 1.70. The van der Waals surface area contributed by atoms with Crippen molar-refractivity contribution in [2.45, 2.75) is 36.8 Å². The smallest absolute Gasteiger partial charge is 0.269 e. The molecule has 10 heteroatoms. The van der Waals surface area contributed by atoms with Gasteiger partial charge in [0, 0.05) is 18.7 Å². The molecule has 0 saturated carbocycles. The predicted octanol–water partition coefficient (Wildman–Crippen LogP) is 2.39. The maximum atomic E-state index is 13.0. The molecule has 0 aromatic heterocycles. The average molecular weight is 419 g/mol. The lowest BCUT2D eigenvalue weighted by molar-refractivity contribution is -0.384. The summed E-state index contributed by atoms with van der Waals surface area (Å²) in [5, 5.41) is 10.8. The first-order valence-corrected chi connectivity index (χ1v) is 10.6. The number of carbonyl (C=O) groups excluding carboxylic acids is 1. The molecule has 3 rings (SSSR count). The van der Waals surface area contributed by atoms with Gasteiger partial charge in [0.2, 0.25) is 10.0 Å². The van der Waals surface area contributed by atoms with Gasteiger partial charge in [0.15, 0.2) is 0 Å². The minimum atomic E-state index is -3.98. The number of hydroxylamine groups is 1. The van der Waals surface area contributed by atoms with E-state index in [4.69, 9.17) is 4.84 Å². The van der Waals surface area contributed by atoms with Crippen molar-refractivity contribution in [2.75, 3.05) is 6.54 Å². The molecule has 0 spiro atoms. The van der Waals surface area contributed by atoms with E-state index in [1.165, 1.54) is 12.1 Å². The minimum Gasteiger partial charge on any atom is -0.271 e. The van der Waals surface area contributed by atoms with Crippen molar-refractivity contribution in [1.82, 2.24) is 9.79 Å². The third-order valence-electron chi connectivity index (χ3n) is 4.66. The highest BCUT2D eigenvalue weighted by Crippen LogP contribution is 2.26. The maximum absolute atomic E-state index is 13.0. The van der Waals surface area contributed by atoms with E-state index in [0.29, 0.717) is 19.3 Å². The molecule has 1 amide bonds. The number of nitro groups is 1. The lowest BCUT2D eigenvalue weighted by Crippen LogP contribution is -2.51. The Morgan fingerprint density at radius 2 is 1.83 bits per heavy atom. The van der Waals surface area contributed by atoms with E-state index in [-0.39, 0.29) is 23.7 Å². The highest BCUT2D eigenvalue weighted by Gasteiger charge is 2.38. The lowest BCUT2D eigenvalue weighted by Gasteiger charge is -2.33. The Kier molecular flexibility index (Phi) is 6.57. The van der Waals surface area contributed by atoms with E-state index in [1.807, 2.05) is 30.3 Å². The quantitative estimate of drug-likeness (QED) is 0.544. The summed E-state index contributed by atoms with van der Waals surface area (Å²) in [6.45, 7) is 0.352. The van der Waals surface area contributed by atoms with E-state index in [2.05, 4.69) is 5.48 Å². The van der Waals surface area contributed by atoms with Crippen molar-refractivity contribution in [2.24, 2.45) is 0 Å². The molecule has 1 N–H and O–H groups in total. The molecule has 1 heterocycles. The van der Waals surface area contributed by atoms with Crippen LogP contribution in [0.4, 0.5) is 5.69 Å². The zero-order chi connectivity index (χ0) is 20.9. The van der Waals surface area contributed by atoms with Crippen LogP contribution in [0, 0.1) is 10.1 Å². The molecule has 29 heavy (non-hydrogen) atoms. The van der Waals surface area contributed by atoms with Gasteiger partial charge < -0.3 is 0 Å². The summed E-state index contributed by atoms with van der Waals surface area (Å²) in [6.07, 6.45) is 1.71. The highest BCUT2D eigenvalue weighted by atomic mass is 32.2. The molecule has 154 valence electrons. The second-order valence-corrected chi connectivity index (χ2v) is 8.51. The summed E-state index contributed by atoms with van der Waals surface area (Å²) in [5.41, 5.74) is 3.01. The number of non-ortho nitro benzene ring substituents is 1. The van der Waals surface area contributed by atoms with Gasteiger partial charge in [-0.15, -0.1) is 0 Å². The molecule has 1 fully saturated rings. The van der Waals surface area contributed by atoms with Gasteiger partial charge in [0.1, 0.15) is 6.04 Å². The second kappa shape index (κ2) is 9.12. The van der Waals surface area contributed by atoms with Gasteiger partial charge in [0.25, 0.3) is 11.6 Å². The number of carbonyl (C=O) groups is 1. The van der Waals surface area contributed by atoms with Crippen LogP contribution >= 0.6 is 0 Å². The Bertz CT molecular complexity index is 963. The molecule has 0 aliphatic carbocycles. The van der Waals surface area contributed by atoms with E-state index in [1.54, 1.807) is 0 Å². The number of nitrogens with zero attached hydrogens (tertiary/aromatic N) is 2. The van der Waals surface area contributed by atoms with Crippen LogP contribution in [0.3, 0.4) is 0 Å². The van der Waals surface area contributed by atoms with Crippen LogP contribution in [0.5, 0.6) is 0 Å². The minimum absolute atomic E-state index is 0.0898. The normalized spacial score (nSPS) is 17.6. The monoisotopic (exact) mass is 419 g/mol. The van der Waals surface area contributed by atoms with Crippen LogP contribution < -0.4 is 5.48 Å². The van der Waals surface area contributed by atoms with E-state index in [9.17, 15) is 23.3 Å². The second-order valence-electron chi connectivity index (χ2n) is 6.62. The van der Waals surface area contributed by atoms with Crippen LogP contribution in [0.1, 0.15) is 24.8 Å². The average Bonchev–Trinajstić information content (AvgIpc) is 2.74. The molecule has 1 atom stereocenters. The fourth-order valence-corrected chi connectivity index (χ4v) is 4.82. The van der Waals surface area contributed by atoms with E-state index >= 15 is 0 Å². The predicted molar refractivity (Wildman–Crippen MR) is 104 cm³/mol. The van der Waals surface area contributed by atoms with E-state index < -0.39 is 26.9 Å². The molecular formula is C19H21N3O6S. The zero-order valence-electron chi connectivity index (χ0n) is 15.6. The molecule has 0 radical (unpaired) electrons. The van der Waals surface area contributed by atoms with Crippen LogP contribution in [-0.4, -0.2) is 36.1 Å². The topological polar surface area (TPSA) is 119 Å². The van der Waals surface area contributed by atoms with Crippen molar-refractivity contribution in [3.63, 3.8) is 0 Å². The van der Waals surface area contributed by atoms with Crippen molar-refractivity contribution in [1.29, 1.82) is 0 Å². The third-order valence-corrected chi connectivity index (χ3v) is 6.59. The number of nitrogens with one attached hydrogen (secondary N) is 1. The maximum Gasteiger partial charge on any atom is 0.269 e. The van der Waals surface area contributed by atoms with Gasteiger partial charge in [0.05, 0.1) is 16.4 Å². The summed E-state index contributed by atoms with van der Waals surface area (Å²) in [4.78, 5) is 27.9. The Morgan fingerprint density at radius 1 is 1.14 bits per heavy atom. The first-order chi connectivity index (χ1) is 13.9. The van der Waals surface area contributed by atoms with Gasteiger partial charge in [-0.3, -0.25) is 19.7 Å². The number of rotatable bonds is 7. The zero-order valence-corrected chi connectivity index (χ0v) is 16.4. The molecular weight excluding hydrogens is 398 g/mol. The molecule has 2 aromatic rings. The number of nitro benzene ring substituents is 1. The molecule has 0 bridgehead atoms. The fraction of sp³-hybridized carbons (Fsp3) is 0.316. The lowest BCUT2D eigenvalue weighted by atomic mass is 10.0. The first-order valence-electron chi connectivity index (χ1n) is 9.11. The van der Waals surface area contributed by atoms with Gasteiger partial charge in [-0.25, -0.2) is 13.9 Å². The molecule has 1 saturated heterocycles. The van der Waals surface area contributed by atoms with Crippen LogP contribution in [-0.2, 0) is 26.3 Å². The van der Waals surface area contributed by atoms with Crippen LogP contribution in [0.15, 0.2) is 59.5 Å². The van der Waals surface area contributed by atoms with Gasteiger partial charge in [-0.05, 0) is 30.5 Å². The molecule has 9 nitrogen and oxygen atoms in total. The number of hydrogen-bond donors (Lipinski definition) is 1. The molecule has 1 aliphatic heterocycles. The van der Waals surface area contributed by atoms with Gasteiger partial charge in [-0.2, -0.15) is 4.31 Å². The standard InChI is InChI=1S/C19H21N3O6S/c23-19(20-28-14-15-6-2-1-3-7-15)18-8-4-5-13-21(18)29(26,27)17-11-9-16(10-12-17)22(24)25/h1-3,6-7,9-12,18H,4-5,8,13-14H2,(H,20,23)/t18-/m0/s1. The Hall–Kier alpha value is -2.82. The summed E-state index contributed by atoms with van der Waals surface area (Å²) in [5.74, 6) is -0.536. The van der Waals surface area contributed by atoms with Gasteiger partial charge in [-0.1, -0.05) is 36.8 Å².